The van der Waals surface area contributed by atoms with Crippen molar-refractivity contribution in [3.05, 3.63) is 47.6 Å². The number of aromatic nitrogens is 2. The lowest BCUT2D eigenvalue weighted by atomic mass is 10.1. The molecule has 1 aliphatic rings. The van der Waals surface area contributed by atoms with Gasteiger partial charge >= 0.3 is 0 Å². The third kappa shape index (κ3) is 4.69. The summed E-state index contributed by atoms with van der Waals surface area (Å²) < 4.78 is 10.9. The minimum atomic E-state index is -0.0237. The molecule has 0 aromatic carbocycles. The van der Waals surface area contributed by atoms with Crippen LogP contribution in [-0.2, 0) is 11.2 Å². The van der Waals surface area contributed by atoms with Gasteiger partial charge in [-0.25, -0.2) is 0 Å². The number of thiophene rings is 1. The van der Waals surface area contributed by atoms with Crippen LogP contribution < -0.4 is 5.32 Å². The minimum absolute atomic E-state index is 0.0237. The number of nitrogens with one attached hydrogen (secondary N) is 1. The van der Waals surface area contributed by atoms with E-state index in [0.717, 1.165) is 23.7 Å². The molecule has 1 unspecified atom stereocenters. The van der Waals surface area contributed by atoms with E-state index in [-0.39, 0.29) is 11.9 Å². The topological polar surface area (TPSA) is 84.4 Å². The molecule has 0 bridgehead atoms. The van der Waals surface area contributed by atoms with Crippen molar-refractivity contribution in [3.63, 3.8) is 0 Å². The fourth-order valence-corrected chi connectivity index (χ4v) is 4.15. The molecule has 0 spiro atoms. The van der Waals surface area contributed by atoms with E-state index in [1.807, 2.05) is 29.6 Å². The number of rotatable bonds is 8. The van der Waals surface area contributed by atoms with Gasteiger partial charge < -0.3 is 14.3 Å². The maximum absolute atomic E-state index is 12.4. The summed E-state index contributed by atoms with van der Waals surface area (Å²) in [6.07, 6.45) is 6.08. The van der Waals surface area contributed by atoms with Gasteiger partial charge in [0.2, 0.25) is 17.6 Å². The largest absolute Gasteiger partial charge is 0.468 e. The third-order valence-corrected chi connectivity index (χ3v) is 5.84. The highest BCUT2D eigenvalue weighted by molar-refractivity contribution is 7.13. The fraction of sp³-hybridized carbons (Fsp3) is 0.450. The number of furan rings is 1. The molecule has 28 heavy (non-hydrogen) atoms. The molecule has 0 aliphatic carbocycles. The maximum Gasteiger partial charge on any atom is 0.227 e. The summed E-state index contributed by atoms with van der Waals surface area (Å²) in [5, 5.41) is 8.99. The molecule has 4 heterocycles. The Hall–Kier alpha value is -2.45. The Kier molecular flexibility index (Phi) is 6.18. The molecule has 4 rings (SSSR count). The van der Waals surface area contributed by atoms with Gasteiger partial charge in [0.05, 0.1) is 17.2 Å². The van der Waals surface area contributed by atoms with E-state index in [4.69, 9.17) is 8.94 Å². The normalized spacial score (nSPS) is 16.1. The van der Waals surface area contributed by atoms with Crippen LogP contribution in [0.3, 0.4) is 0 Å². The number of nitrogens with zero attached hydrogens (tertiary/aromatic N) is 3. The first-order valence-electron chi connectivity index (χ1n) is 9.70. The molecule has 0 radical (unpaired) electrons. The minimum Gasteiger partial charge on any atom is -0.468 e. The number of amides is 1. The predicted octanol–water partition coefficient (Wildman–Crippen LogP) is 3.67. The highest BCUT2D eigenvalue weighted by Crippen LogP contribution is 2.25. The van der Waals surface area contributed by atoms with E-state index < -0.39 is 0 Å². The second-order valence-corrected chi connectivity index (χ2v) is 7.87. The molecule has 3 aromatic heterocycles. The van der Waals surface area contributed by atoms with Crippen LogP contribution in [0.2, 0.25) is 0 Å². The summed E-state index contributed by atoms with van der Waals surface area (Å²) >= 11 is 1.56. The van der Waals surface area contributed by atoms with E-state index in [2.05, 4.69) is 20.4 Å². The Morgan fingerprint density at radius 1 is 1.25 bits per heavy atom. The Bertz CT molecular complexity index is 854. The van der Waals surface area contributed by atoms with Crippen LogP contribution in [0.25, 0.3) is 10.7 Å². The standard InChI is InChI=1S/C20H24N4O3S/c25-18(8-9-19-22-20(23-27-19)17-7-5-13-28-17)21-14-15(16-6-4-12-26-16)24-10-2-1-3-11-24/h4-7,12-13,15H,1-3,8-11,14H2,(H,21,25). The molecule has 1 saturated heterocycles. The molecule has 1 fully saturated rings. The summed E-state index contributed by atoms with van der Waals surface area (Å²) in [5.41, 5.74) is 0. The lowest BCUT2D eigenvalue weighted by Crippen LogP contribution is -2.40. The van der Waals surface area contributed by atoms with Gasteiger partial charge in [-0.15, -0.1) is 11.3 Å². The van der Waals surface area contributed by atoms with Gasteiger partial charge in [0, 0.05) is 19.4 Å². The molecule has 148 valence electrons. The van der Waals surface area contributed by atoms with Crippen molar-refractivity contribution in [1.29, 1.82) is 0 Å². The molecular formula is C20H24N4O3S. The molecule has 1 N–H and O–H groups in total. The van der Waals surface area contributed by atoms with Crippen LogP contribution >= 0.6 is 11.3 Å². The zero-order valence-corrected chi connectivity index (χ0v) is 16.5. The van der Waals surface area contributed by atoms with Crippen LogP contribution in [0, 0.1) is 0 Å². The van der Waals surface area contributed by atoms with Crippen LogP contribution in [0.15, 0.2) is 44.8 Å². The van der Waals surface area contributed by atoms with E-state index >= 15 is 0 Å². The zero-order valence-electron chi connectivity index (χ0n) is 15.7. The first-order chi connectivity index (χ1) is 13.8. The number of aryl methyl sites for hydroxylation is 1. The van der Waals surface area contributed by atoms with E-state index in [9.17, 15) is 4.79 Å². The van der Waals surface area contributed by atoms with Crippen LogP contribution in [-0.4, -0.2) is 40.6 Å². The summed E-state index contributed by atoms with van der Waals surface area (Å²) in [6.45, 7) is 2.61. The Morgan fingerprint density at radius 3 is 2.89 bits per heavy atom. The molecule has 8 heteroatoms. The van der Waals surface area contributed by atoms with Gasteiger partial charge in [-0.1, -0.05) is 17.6 Å². The maximum atomic E-state index is 12.4. The van der Waals surface area contributed by atoms with Crippen molar-refractivity contribution in [1.82, 2.24) is 20.4 Å². The SMILES string of the molecule is O=C(CCc1nc(-c2cccs2)no1)NCC(c1ccco1)N1CCCCC1. The lowest BCUT2D eigenvalue weighted by Gasteiger charge is -2.33. The number of hydrogen-bond donors (Lipinski definition) is 1. The molecule has 7 nitrogen and oxygen atoms in total. The average molecular weight is 401 g/mol. The number of carbonyl (C=O) groups excluding carboxylic acids is 1. The predicted molar refractivity (Wildman–Crippen MR) is 106 cm³/mol. The van der Waals surface area contributed by atoms with Gasteiger partial charge in [0.25, 0.3) is 0 Å². The van der Waals surface area contributed by atoms with Crippen LogP contribution in [0.5, 0.6) is 0 Å². The van der Waals surface area contributed by atoms with Gasteiger partial charge in [-0.05, 0) is 49.5 Å². The highest BCUT2D eigenvalue weighted by Gasteiger charge is 2.25. The zero-order chi connectivity index (χ0) is 19.2. The van der Waals surface area contributed by atoms with Gasteiger partial charge in [0.15, 0.2) is 0 Å². The molecular weight excluding hydrogens is 376 g/mol. The smallest absolute Gasteiger partial charge is 0.227 e. The monoisotopic (exact) mass is 400 g/mol. The fourth-order valence-electron chi connectivity index (χ4n) is 3.50. The van der Waals surface area contributed by atoms with Crippen molar-refractivity contribution >= 4 is 17.2 Å². The van der Waals surface area contributed by atoms with E-state index in [1.165, 1.54) is 19.3 Å². The quantitative estimate of drug-likeness (QED) is 0.621. The highest BCUT2D eigenvalue weighted by atomic mass is 32.1. The van der Waals surface area contributed by atoms with Crippen molar-refractivity contribution in [2.75, 3.05) is 19.6 Å². The first kappa shape index (κ1) is 18.9. The molecule has 1 amide bonds. The Morgan fingerprint density at radius 2 is 2.14 bits per heavy atom. The second-order valence-electron chi connectivity index (χ2n) is 6.92. The molecule has 0 saturated carbocycles. The second kappa shape index (κ2) is 9.16. The van der Waals surface area contributed by atoms with Gasteiger partial charge in [-0.3, -0.25) is 9.69 Å². The van der Waals surface area contributed by atoms with E-state index in [1.54, 1.807) is 17.6 Å². The Labute approximate surface area is 167 Å². The number of hydrogen-bond acceptors (Lipinski definition) is 7. The van der Waals surface area contributed by atoms with Crippen LogP contribution in [0.1, 0.15) is 43.4 Å². The summed E-state index contributed by atoms with van der Waals surface area (Å²) in [4.78, 5) is 20.1. The van der Waals surface area contributed by atoms with Crippen molar-refractivity contribution in [2.24, 2.45) is 0 Å². The van der Waals surface area contributed by atoms with Crippen molar-refractivity contribution < 1.29 is 13.7 Å². The average Bonchev–Trinajstić information content (AvgIpc) is 3.49. The van der Waals surface area contributed by atoms with Gasteiger partial charge in [-0.2, -0.15) is 4.98 Å². The number of likely N-dealkylation sites (tertiary alicyclic amines) is 1. The van der Waals surface area contributed by atoms with Crippen LogP contribution in [0.4, 0.5) is 0 Å². The number of carbonyl (C=O) groups is 1. The summed E-state index contributed by atoms with van der Waals surface area (Å²) in [5.74, 6) is 1.94. The lowest BCUT2D eigenvalue weighted by molar-refractivity contribution is -0.121. The summed E-state index contributed by atoms with van der Waals surface area (Å²) in [6, 6.07) is 7.85. The van der Waals surface area contributed by atoms with Gasteiger partial charge in [0.1, 0.15) is 5.76 Å². The summed E-state index contributed by atoms with van der Waals surface area (Å²) in [7, 11) is 0. The molecule has 1 aliphatic heterocycles. The van der Waals surface area contributed by atoms with Crippen molar-refractivity contribution in [3.8, 4) is 10.7 Å². The number of piperidine rings is 1. The van der Waals surface area contributed by atoms with Crippen molar-refractivity contribution in [2.45, 2.75) is 38.1 Å². The first-order valence-corrected chi connectivity index (χ1v) is 10.6. The Balaban J connectivity index is 1.29. The van der Waals surface area contributed by atoms with E-state index in [0.29, 0.717) is 31.1 Å². The molecule has 3 aromatic rings. The molecule has 1 atom stereocenters. The third-order valence-electron chi connectivity index (χ3n) is 4.97.